The molecule has 1 N–H and O–H groups in total. The molecule has 1 spiro atoms. The lowest BCUT2D eigenvalue weighted by molar-refractivity contribution is -0.133. The number of ether oxygens (including phenoxy) is 1. The summed E-state index contributed by atoms with van der Waals surface area (Å²) in [6, 6.07) is 1.06. The lowest BCUT2D eigenvalue weighted by atomic mass is 9.88. The molecule has 108 valence electrons. The summed E-state index contributed by atoms with van der Waals surface area (Å²) >= 11 is 0. The van der Waals surface area contributed by atoms with E-state index in [-0.39, 0.29) is 11.5 Å². The average Bonchev–Trinajstić information content (AvgIpc) is 2.82. The fourth-order valence-corrected chi connectivity index (χ4v) is 4.02. The molecule has 1 aliphatic carbocycles. The number of likely N-dealkylation sites (N-methyl/N-ethyl adjacent to an activating group) is 1. The highest BCUT2D eigenvalue weighted by atomic mass is 16.5. The van der Waals surface area contributed by atoms with Crippen LogP contribution in [0.5, 0.6) is 0 Å². The van der Waals surface area contributed by atoms with Gasteiger partial charge in [-0.15, -0.1) is 0 Å². The van der Waals surface area contributed by atoms with E-state index in [4.69, 9.17) is 4.74 Å². The minimum atomic E-state index is 0.187. The number of rotatable bonds is 2. The van der Waals surface area contributed by atoms with Crippen LogP contribution in [0.1, 0.15) is 51.4 Å². The van der Waals surface area contributed by atoms with Gasteiger partial charge in [0.25, 0.3) is 0 Å². The third-order valence-corrected chi connectivity index (χ3v) is 5.11. The van der Waals surface area contributed by atoms with E-state index in [1.807, 2.05) is 11.9 Å². The van der Waals surface area contributed by atoms with E-state index in [0.29, 0.717) is 18.5 Å². The van der Waals surface area contributed by atoms with E-state index in [9.17, 15) is 4.79 Å². The Morgan fingerprint density at radius 3 is 2.79 bits per heavy atom. The molecule has 2 heterocycles. The van der Waals surface area contributed by atoms with Gasteiger partial charge in [0, 0.05) is 38.7 Å². The molecular weight excluding hydrogens is 240 g/mol. The number of hydrogen-bond donors (Lipinski definition) is 1. The van der Waals surface area contributed by atoms with Crippen molar-refractivity contribution in [3.63, 3.8) is 0 Å². The molecule has 0 bridgehead atoms. The van der Waals surface area contributed by atoms with Crippen molar-refractivity contribution in [2.24, 2.45) is 0 Å². The van der Waals surface area contributed by atoms with Crippen molar-refractivity contribution in [2.75, 3.05) is 20.2 Å². The number of hydrogen-bond acceptors (Lipinski definition) is 3. The predicted molar refractivity (Wildman–Crippen MR) is 74.0 cm³/mol. The molecule has 4 nitrogen and oxygen atoms in total. The molecule has 1 amide bonds. The van der Waals surface area contributed by atoms with Gasteiger partial charge in [-0.2, -0.15) is 0 Å². The zero-order valence-electron chi connectivity index (χ0n) is 12.0. The molecule has 2 aliphatic heterocycles. The van der Waals surface area contributed by atoms with Crippen LogP contribution in [0.25, 0.3) is 0 Å². The molecule has 2 atom stereocenters. The first-order valence-corrected chi connectivity index (χ1v) is 7.81. The molecule has 3 aliphatic rings. The van der Waals surface area contributed by atoms with Gasteiger partial charge in [0.1, 0.15) is 0 Å². The van der Waals surface area contributed by atoms with E-state index in [0.717, 1.165) is 26.0 Å². The van der Waals surface area contributed by atoms with Crippen LogP contribution in [0.15, 0.2) is 0 Å². The van der Waals surface area contributed by atoms with Crippen molar-refractivity contribution >= 4 is 5.91 Å². The van der Waals surface area contributed by atoms with Crippen molar-refractivity contribution in [2.45, 2.75) is 69.1 Å². The molecule has 2 saturated heterocycles. The maximum Gasteiger partial charge on any atom is 0.222 e. The number of amides is 1. The minimum Gasteiger partial charge on any atom is -0.375 e. The van der Waals surface area contributed by atoms with E-state index < -0.39 is 0 Å². The molecule has 1 saturated carbocycles. The molecule has 0 aromatic heterocycles. The van der Waals surface area contributed by atoms with E-state index in [1.165, 1.54) is 32.1 Å². The zero-order valence-corrected chi connectivity index (χ0v) is 12.0. The number of carbonyl (C=O) groups excluding carboxylic acids is 1. The van der Waals surface area contributed by atoms with E-state index in [1.54, 1.807) is 0 Å². The number of nitrogens with one attached hydrogen (secondary N) is 1. The Kier molecular flexibility index (Phi) is 3.81. The topological polar surface area (TPSA) is 41.6 Å². The standard InChI is InChI=1S/C15H26N2O2/c1-17-11-13(4-5-14(17)18)16-12-6-9-19-15(10-12)7-2-3-8-15/h12-13,16H,2-11H2,1H3. The summed E-state index contributed by atoms with van der Waals surface area (Å²) in [6.45, 7) is 1.77. The second kappa shape index (κ2) is 5.41. The average molecular weight is 266 g/mol. The molecule has 3 rings (SSSR count). The van der Waals surface area contributed by atoms with Crippen LogP contribution in [0.4, 0.5) is 0 Å². The summed E-state index contributed by atoms with van der Waals surface area (Å²) < 4.78 is 6.08. The molecular formula is C15H26N2O2. The molecule has 0 aromatic rings. The fourth-order valence-electron chi connectivity index (χ4n) is 4.02. The summed E-state index contributed by atoms with van der Waals surface area (Å²) in [4.78, 5) is 13.4. The summed E-state index contributed by atoms with van der Waals surface area (Å²) in [6.07, 6.45) is 9.12. The van der Waals surface area contributed by atoms with Gasteiger partial charge in [-0.3, -0.25) is 4.79 Å². The van der Waals surface area contributed by atoms with Crippen LogP contribution in [-0.4, -0.2) is 48.7 Å². The maximum absolute atomic E-state index is 11.5. The van der Waals surface area contributed by atoms with Crippen molar-refractivity contribution in [3.8, 4) is 0 Å². The number of nitrogens with zero attached hydrogens (tertiary/aromatic N) is 1. The first-order chi connectivity index (χ1) is 9.17. The molecule has 4 heteroatoms. The normalized spacial score (nSPS) is 35.0. The SMILES string of the molecule is CN1CC(NC2CCOC3(CCCC3)C2)CCC1=O. The van der Waals surface area contributed by atoms with Crippen molar-refractivity contribution < 1.29 is 9.53 Å². The molecule has 3 fully saturated rings. The summed E-state index contributed by atoms with van der Waals surface area (Å²) in [5, 5.41) is 3.79. The summed E-state index contributed by atoms with van der Waals surface area (Å²) in [7, 11) is 1.92. The Bertz CT molecular complexity index is 339. The second-order valence-corrected chi connectivity index (χ2v) is 6.60. The van der Waals surface area contributed by atoms with Gasteiger partial charge in [-0.25, -0.2) is 0 Å². The second-order valence-electron chi connectivity index (χ2n) is 6.60. The Balaban J connectivity index is 1.53. The lowest BCUT2D eigenvalue weighted by Gasteiger charge is -2.41. The zero-order chi connectivity index (χ0) is 13.3. The van der Waals surface area contributed by atoms with Crippen LogP contribution in [0.2, 0.25) is 0 Å². The number of carbonyl (C=O) groups is 1. The highest BCUT2D eigenvalue weighted by molar-refractivity contribution is 5.76. The third-order valence-electron chi connectivity index (χ3n) is 5.11. The van der Waals surface area contributed by atoms with Gasteiger partial charge in [-0.1, -0.05) is 12.8 Å². The van der Waals surface area contributed by atoms with Gasteiger partial charge < -0.3 is 15.0 Å². The lowest BCUT2D eigenvalue weighted by Crippen LogP contribution is -2.53. The van der Waals surface area contributed by atoms with Crippen molar-refractivity contribution in [1.82, 2.24) is 10.2 Å². The highest BCUT2D eigenvalue weighted by Gasteiger charge is 2.40. The fraction of sp³-hybridized carbons (Fsp3) is 0.933. The predicted octanol–water partition coefficient (Wildman–Crippen LogP) is 1.69. The van der Waals surface area contributed by atoms with Crippen molar-refractivity contribution in [3.05, 3.63) is 0 Å². The summed E-state index contributed by atoms with van der Waals surface area (Å²) in [5.41, 5.74) is 0.187. The Labute approximate surface area is 115 Å². The van der Waals surface area contributed by atoms with Crippen LogP contribution in [0, 0.1) is 0 Å². The number of piperidine rings is 1. The van der Waals surface area contributed by atoms with Crippen LogP contribution >= 0.6 is 0 Å². The van der Waals surface area contributed by atoms with Crippen LogP contribution in [-0.2, 0) is 9.53 Å². The Morgan fingerprint density at radius 1 is 1.26 bits per heavy atom. The quantitative estimate of drug-likeness (QED) is 0.827. The smallest absolute Gasteiger partial charge is 0.222 e. The first kappa shape index (κ1) is 13.4. The maximum atomic E-state index is 11.5. The van der Waals surface area contributed by atoms with Crippen molar-refractivity contribution in [1.29, 1.82) is 0 Å². The van der Waals surface area contributed by atoms with Crippen LogP contribution in [0.3, 0.4) is 0 Å². The molecule has 0 aromatic carbocycles. The minimum absolute atomic E-state index is 0.187. The van der Waals surface area contributed by atoms with Gasteiger partial charge in [0.15, 0.2) is 0 Å². The van der Waals surface area contributed by atoms with Gasteiger partial charge >= 0.3 is 0 Å². The van der Waals surface area contributed by atoms with Gasteiger partial charge in [0.2, 0.25) is 5.91 Å². The highest BCUT2D eigenvalue weighted by Crippen LogP contribution is 2.40. The van der Waals surface area contributed by atoms with E-state index >= 15 is 0 Å². The Morgan fingerprint density at radius 2 is 2.05 bits per heavy atom. The summed E-state index contributed by atoms with van der Waals surface area (Å²) in [5.74, 6) is 0.289. The monoisotopic (exact) mass is 266 g/mol. The first-order valence-electron chi connectivity index (χ1n) is 7.81. The van der Waals surface area contributed by atoms with Gasteiger partial charge in [-0.05, 0) is 32.1 Å². The van der Waals surface area contributed by atoms with Gasteiger partial charge in [0.05, 0.1) is 5.60 Å². The van der Waals surface area contributed by atoms with E-state index in [2.05, 4.69) is 5.32 Å². The third kappa shape index (κ3) is 2.95. The molecule has 19 heavy (non-hydrogen) atoms. The number of likely N-dealkylation sites (tertiary alicyclic amines) is 1. The van der Waals surface area contributed by atoms with Crippen LogP contribution < -0.4 is 5.32 Å². The Hall–Kier alpha value is -0.610. The largest absolute Gasteiger partial charge is 0.375 e. The molecule has 2 unspecified atom stereocenters. The molecule has 0 radical (unpaired) electrons.